The van der Waals surface area contributed by atoms with Gasteiger partial charge in [-0.1, -0.05) is 30.7 Å². The number of pyridine rings is 2. The molecule has 8 heteroatoms. The van der Waals surface area contributed by atoms with E-state index in [4.69, 9.17) is 0 Å². The maximum atomic E-state index is 14.1. The van der Waals surface area contributed by atoms with E-state index in [0.29, 0.717) is 36.2 Å². The molecule has 1 N–H and O–H groups in total. The van der Waals surface area contributed by atoms with Crippen LogP contribution in [0.25, 0.3) is 0 Å². The molecule has 4 heterocycles. The number of carbonyl (C=O) groups is 2. The molecule has 2 aliphatic carbocycles. The summed E-state index contributed by atoms with van der Waals surface area (Å²) in [4.78, 5) is 37.5. The zero-order valence-electron chi connectivity index (χ0n) is 22.0. The highest BCUT2D eigenvalue weighted by molar-refractivity contribution is 6.06. The molecule has 4 aliphatic rings. The Labute approximate surface area is 231 Å². The lowest BCUT2D eigenvalue weighted by Gasteiger charge is -2.44. The van der Waals surface area contributed by atoms with E-state index in [1.807, 2.05) is 18.2 Å². The fourth-order valence-electron chi connectivity index (χ4n) is 7.34. The number of halogens is 2. The van der Waals surface area contributed by atoms with Crippen LogP contribution in [0.5, 0.6) is 0 Å². The lowest BCUT2D eigenvalue weighted by atomic mass is 9.74. The quantitative estimate of drug-likeness (QED) is 0.465. The molecule has 1 saturated heterocycles. The van der Waals surface area contributed by atoms with Crippen LogP contribution in [0.4, 0.5) is 14.6 Å². The van der Waals surface area contributed by atoms with Gasteiger partial charge >= 0.3 is 0 Å². The van der Waals surface area contributed by atoms with Gasteiger partial charge in [-0.05, 0) is 67.5 Å². The summed E-state index contributed by atoms with van der Waals surface area (Å²) >= 11 is 0. The van der Waals surface area contributed by atoms with Gasteiger partial charge in [0.05, 0.1) is 18.0 Å². The molecule has 40 heavy (non-hydrogen) atoms. The van der Waals surface area contributed by atoms with Crippen LogP contribution >= 0.6 is 0 Å². The number of carbonyl (C=O) groups excluding carboxylic acids is 2. The third-order valence-corrected chi connectivity index (χ3v) is 9.31. The Balaban J connectivity index is 1.15. The van der Waals surface area contributed by atoms with Crippen molar-refractivity contribution >= 4 is 17.6 Å². The van der Waals surface area contributed by atoms with E-state index in [-0.39, 0.29) is 23.8 Å². The van der Waals surface area contributed by atoms with Gasteiger partial charge in [0, 0.05) is 47.1 Å². The fraction of sp³-hybridized carbons (Fsp3) is 0.375. The Morgan fingerprint density at radius 1 is 1.02 bits per heavy atom. The molecule has 0 bridgehead atoms. The SMILES string of the molecule is O=C1N(CC#Cc2cnc3c(c2)C[C@@]2(C3)C(=O)Nc3ncccc32)[C@H](c2cc(F)cc(F)c2)CCC12CCCC2. The Hall–Kier alpha value is -4.12. The van der Waals surface area contributed by atoms with Crippen molar-refractivity contribution < 1.29 is 18.4 Å². The van der Waals surface area contributed by atoms with E-state index in [1.54, 1.807) is 17.3 Å². The van der Waals surface area contributed by atoms with Crippen LogP contribution < -0.4 is 5.32 Å². The van der Waals surface area contributed by atoms with Crippen molar-refractivity contribution in [1.29, 1.82) is 0 Å². The number of hydrogen-bond acceptors (Lipinski definition) is 4. The maximum absolute atomic E-state index is 14.1. The standard InChI is InChI=1S/C32H28F2N4O2/c33-23-14-21(15-24(34)16-23)27-7-10-31(8-1-2-9-31)30(40)38(27)12-4-5-20-13-22-17-32(18-26(22)36-19-20)25-6-3-11-35-28(25)37-29(32)39/h3,6,11,13-16,19,27H,1-2,7-10,12,17-18H2,(H,35,37,39)/t27-,32-/m0/s1. The minimum atomic E-state index is -0.700. The monoisotopic (exact) mass is 538 g/mol. The predicted molar refractivity (Wildman–Crippen MR) is 144 cm³/mol. The van der Waals surface area contributed by atoms with Crippen molar-refractivity contribution in [3.63, 3.8) is 0 Å². The Morgan fingerprint density at radius 2 is 1.82 bits per heavy atom. The van der Waals surface area contributed by atoms with Crippen LogP contribution in [0.15, 0.2) is 48.8 Å². The molecule has 6 nitrogen and oxygen atoms in total. The molecule has 1 aromatic carbocycles. The van der Waals surface area contributed by atoms with Gasteiger partial charge in [0.2, 0.25) is 11.8 Å². The summed E-state index contributed by atoms with van der Waals surface area (Å²) in [6.07, 6.45) is 9.52. The number of rotatable bonds is 2. The van der Waals surface area contributed by atoms with Gasteiger partial charge in [-0.25, -0.2) is 13.8 Å². The first-order valence-electron chi connectivity index (χ1n) is 13.9. The Bertz CT molecular complexity index is 1600. The molecule has 2 atom stereocenters. The lowest BCUT2D eigenvalue weighted by Crippen LogP contribution is -2.49. The minimum absolute atomic E-state index is 0.0359. The molecule has 2 amide bonds. The van der Waals surface area contributed by atoms with E-state index in [1.165, 1.54) is 12.1 Å². The minimum Gasteiger partial charge on any atom is -0.324 e. The number of hydrogen-bond donors (Lipinski definition) is 1. The molecule has 2 aromatic heterocycles. The number of fused-ring (bicyclic) bond motifs is 3. The van der Waals surface area contributed by atoms with Gasteiger partial charge < -0.3 is 10.2 Å². The van der Waals surface area contributed by atoms with Gasteiger partial charge in [0.1, 0.15) is 17.5 Å². The van der Waals surface area contributed by atoms with Gasteiger partial charge in [-0.2, -0.15) is 0 Å². The molecule has 2 spiro atoms. The number of piperidine rings is 1. The Kier molecular flexibility index (Phi) is 5.74. The number of nitrogens with zero attached hydrogens (tertiary/aromatic N) is 3. The van der Waals surface area contributed by atoms with E-state index in [2.05, 4.69) is 27.1 Å². The first kappa shape index (κ1) is 24.9. The number of anilines is 1. The van der Waals surface area contributed by atoms with Crippen LogP contribution in [0, 0.1) is 28.9 Å². The van der Waals surface area contributed by atoms with Crippen molar-refractivity contribution in [3.8, 4) is 11.8 Å². The summed E-state index contributed by atoms with van der Waals surface area (Å²) in [5.41, 5.74) is 2.83. The summed E-state index contributed by atoms with van der Waals surface area (Å²) in [6.45, 7) is 0.159. The smallest absolute Gasteiger partial charge is 0.237 e. The van der Waals surface area contributed by atoms with E-state index in [0.717, 1.165) is 55.0 Å². The van der Waals surface area contributed by atoms with Crippen molar-refractivity contribution in [3.05, 3.63) is 88.4 Å². The summed E-state index contributed by atoms with van der Waals surface area (Å²) in [5.74, 6) is 5.60. The predicted octanol–water partition coefficient (Wildman–Crippen LogP) is 5.02. The van der Waals surface area contributed by atoms with Crippen molar-refractivity contribution in [2.45, 2.75) is 62.8 Å². The van der Waals surface area contributed by atoms with E-state index >= 15 is 0 Å². The fourth-order valence-corrected chi connectivity index (χ4v) is 7.34. The topological polar surface area (TPSA) is 75.2 Å². The molecular formula is C32H28F2N4O2. The second-order valence-electron chi connectivity index (χ2n) is 11.6. The van der Waals surface area contributed by atoms with Gasteiger partial charge in [0.25, 0.3) is 0 Å². The number of likely N-dealkylation sites (tertiary alicyclic amines) is 1. The normalized spacial score (nSPS) is 24.1. The average molecular weight is 539 g/mol. The first-order valence-corrected chi connectivity index (χ1v) is 13.9. The van der Waals surface area contributed by atoms with E-state index in [9.17, 15) is 18.4 Å². The molecule has 7 rings (SSSR count). The maximum Gasteiger partial charge on any atom is 0.237 e. The molecule has 0 unspecified atom stereocenters. The zero-order valence-corrected chi connectivity index (χ0v) is 22.0. The molecular weight excluding hydrogens is 510 g/mol. The number of aromatic nitrogens is 2. The van der Waals surface area contributed by atoms with Gasteiger partial charge in [-0.3, -0.25) is 14.6 Å². The van der Waals surface area contributed by atoms with Crippen LogP contribution in [-0.4, -0.2) is 33.2 Å². The number of nitrogens with one attached hydrogen (secondary N) is 1. The number of amides is 2. The number of benzene rings is 1. The van der Waals surface area contributed by atoms with Crippen molar-refractivity contribution in [2.75, 3.05) is 11.9 Å². The molecule has 0 radical (unpaired) electrons. The third kappa shape index (κ3) is 3.90. The highest BCUT2D eigenvalue weighted by Gasteiger charge is 2.52. The van der Waals surface area contributed by atoms with Crippen LogP contribution in [-0.2, 0) is 27.8 Å². The second kappa shape index (κ2) is 9.22. The largest absolute Gasteiger partial charge is 0.324 e. The van der Waals surface area contributed by atoms with E-state index < -0.39 is 23.1 Å². The average Bonchev–Trinajstić information content (AvgIpc) is 3.63. The second-order valence-corrected chi connectivity index (χ2v) is 11.6. The highest BCUT2D eigenvalue weighted by Crippen LogP contribution is 2.50. The van der Waals surface area contributed by atoms with Crippen LogP contribution in [0.1, 0.15) is 72.5 Å². The van der Waals surface area contributed by atoms with Crippen LogP contribution in [0.3, 0.4) is 0 Å². The summed E-state index contributed by atoms with van der Waals surface area (Å²) < 4.78 is 28.2. The summed E-state index contributed by atoms with van der Waals surface area (Å²) in [6, 6.07) is 8.83. The summed E-state index contributed by atoms with van der Waals surface area (Å²) in [7, 11) is 0. The van der Waals surface area contributed by atoms with Gasteiger partial charge in [0.15, 0.2) is 0 Å². The first-order chi connectivity index (χ1) is 19.4. The molecule has 2 aliphatic heterocycles. The van der Waals surface area contributed by atoms with Crippen molar-refractivity contribution in [1.82, 2.24) is 14.9 Å². The van der Waals surface area contributed by atoms with Gasteiger partial charge in [-0.15, -0.1) is 0 Å². The molecule has 1 saturated carbocycles. The molecule has 202 valence electrons. The molecule has 2 fully saturated rings. The van der Waals surface area contributed by atoms with Crippen molar-refractivity contribution in [2.24, 2.45) is 5.41 Å². The zero-order chi connectivity index (χ0) is 27.5. The lowest BCUT2D eigenvalue weighted by molar-refractivity contribution is -0.149. The summed E-state index contributed by atoms with van der Waals surface area (Å²) in [5, 5.41) is 2.91. The Morgan fingerprint density at radius 3 is 2.62 bits per heavy atom. The van der Waals surface area contributed by atoms with Crippen LogP contribution in [0.2, 0.25) is 0 Å². The molecule has 3 aromatic rings. The highest BCUT2D eigenvalue weighted by atomic mass is 19.1. The third-order valence-electron chi connectivity index (χ3n) is 9.31.